The maximum absolute atomic E-state index is 11.5. The standard InChI is InChI=1S/C14H17Cl2NO2/c1-9(2)13(18)8-17-14(19)4-3-10-5-11(15)7-12(16)6-10/h3-7,9,13,18H,8H2,1-2H3,(H,17,19)/b4-3+. The highest BCUT2D eigenvalue weighted by atomic mass is 35.5. The first-order valence-electron chi connectivity index (χ1n) is 5.98. The van der Waals surface area contributed by atoms with Crippen LogP contribution in [0.5, 0.6) is 0 Å². The van der Waals surface area contributed by atoms with E-state index in [-0.39, 0.29) is 18.4 Å². The van der Waals surface area contributed by atoms with E-state index >= 15 is 0 Å². The summed E-state index contributed by atoms with van der Waals surface area (Å²) >= 11 is 11.7. The van der Waals surface area contributed by atoms with Gasteiger partial charge in [-0.25, -0.2) is 0 Å². The van der Waals surface area contributed by atoms with Crippen molar-refractivity contribution in [3.05, 3.63) is 39.9 Å². The fourth-order valence-electron chi connectivity index (χ4n) is 1.34. The largest absolute Gasteiger partial charge is 0.391 e. The quantitative estimate of drug-likeness (QED) is 0.821. The van der Waals surface area contributed by atoms with Crippen molar-refractivity contribution in [3.63, 3.8) is 0 Å². The van der Waals surface area contributed by atoms with Gasteiger partial charge in [0.1, 0.15) is 0 Å². The third-order valence-corrected chi connectivity index (χ3v) is 3.00. The molecule has 0 saturated heterocycles. The van der Waals surface area contributed by atoms with Gasteiger partial charge in [0.15, 0.2) is 0 Å². The van der Waals surface area contributed by atoms with Crippen molar-refractivity contribution in [2.45, 2.75) is 20.0 Å². The number of aliphatic hydroxyl groups is 1. The van der Waals surface area contributed by atoms with Crippen LogP contribution in [0, 0.1) is 5.92 Å². The normalized spacial score (nSPS) is 12.9. The number of halogens is 2. The van der Waals surface area contributed by atoms with Crippen LogP contribution >= 0.6 is 23.2 Å². The molecule has 1 unspecified atom stereocenters. The van der Waals surface area contributed by atoms with Crippen molar-refractivity contribution in [2.24, 2.45) is 5.92 Å². The highest BCUT2D eigenvalue weighted by Crippen LogP contribution is 2.19. The molecule has 2 N–H and O–H groups in total. The molecule has 0 radical (unpaired) electrons. The van der Waals surface area contributed by atoms with E-state index in [1.807, 2.05) is 13.8 Å². The van der Waals surface area contributed by atoms with Gasteiger partial charge in [-0.05, 0) is 35.8 Å². The molecule has 0 saturated carbocycles. The average Bonchev–Trinajstić information content (AvgIpc) is 2.32. The minimum atomic E-state index is -0.544. The molecule has 104 valence electrons. The Morgan fingerprint density at radius 1 is 1.32 bits per heavy atom. The molecule has 1 atom stereocenters. The number of rotatable bonds is 5. The van der Waals surface area contributed by atoms with Gasteiger partial charge in [0.2, 0.25) is 5.91 Å². The van der Waals surface area contributed by atoms with E-state index in [1.165, 1.54) is 6.08 Å². The third-order valence-electron chi connectivity index (χ3n) is 2.57. The highest BCUT2D eigenvalue weighted by Gasteiger charge is 2.09. The summed E-state index contributed by atoms with van der Waals surface area (Å²) in [6.07, 6.45) is 2.46. The lowest BCUT2D eigenvalue weighted by Crippen LogP contribution is -2.33. The first-order chi connectivity index (χ1) is 8.88. The van der Waals surface area contributed by atoms with Gasteiger partial charge < -0.3 is 10.4 Å². The molecule has 19 heavy (non-hydrogen) atoms. The second kappa shape index (κ2) is 7.53. The first-order valence-corrected chi connectivity index (χ1v) is 6.74. The Morgan fingerprint density at radius 3 is 2.42 bits per heavy atom. The summed E-state index contributed by atoms with van der Waals surface area (Å²) < 4.78 is 0. The molecule has 0 aliphatic heterocycles. The molecule has 5 heteroatoms. The van der Waals surface area contributed by atoms with E-state index < -0.39 is 6.10 Å². The molecule has 3 nitrogen and oxygen atoms in total. The van der Waals surface area contributed by atoms with Crippen molar-refractivity contribution in [2.75, 3.05) is 6.54 Å². The minimum absolute atomic E-state index is 0.107. The lowest BCUT2D eigenvalue weighted by Gasteiger charge is -2.13. The highest BCUT2D eigenvalue weighted by molar-refractivity contribution is 6.34. The van der Waals surface area contributed by atoms with Crippen molar-refractivity contribution in [1.29, 1.82) is 0 Å². The molecule has 1 aromatic carbocycles. The van der Waals surface area contributed by atoms with E-state index in [2.05, 4.69) is 5.32 Å². The van der Waals surface area contributed by atoms with E-state index in [1.54, 1.807) is 24.3 Å². The van der Waals surface area contributed by atoms with E-state index in [0.29, 0.717) is 10.0 Å². The molecule has 0 aliphatic rings. The van der Waals surface area contributed by atoms with Gasteiger partial charge in [-0.15, -0.1) is 0 Å². The molecule has 1 rings (SSSR count). The number of amides is 1. The van der Waals surface area contributed by atoms with Crippen LogP contribution in [0.3, 0.4) is 0 Å². The average molecular weight is 302 g/mol. The Labute approximate surface area is 123 Å². The fraction of sp³-hybridized carbons (Fsp3) is 0.357. The summed E-state index contributed by atoms with van der Waals surface area (Å²) in [5.74, 6) is -0.160. The Balaban J connectivity index is 2.54. The summed E-state index contributed by atoms with van der Waals surface area (Å²) in [4.78, 5) is 11.5. The van der Waals surface area contributed by atoms with Crippen molar-refractivity contribution in [3.8, 4) is 0 Å². The molecule has 1 aromatic rings. The molecule has 0 heterocycles. The van der Waals surface area contributed by atoms with Crippen LogP contribution in [-0.4, -0.2) is 23.7 Å². The van der Waals surface area contributed by atoms with E-state index in [9.17, 15) is 9.90 Å². The van der Waals surface area contributed by atoms with Gasteiger partial charge in [0.25, 0.3) is 0 Å². The van der Waals surface area contributed by atoms with Gasteiger partial charge in [-0.3, -0.25) is 4.79 Å². The maximum atomic E-state index is 11.5. The SMILES string of the molecule is CC(C)C(O)CNC(=O)/C=C/c1cc(Cl)cc(Cl)c1. The number of hydrogen-bond acceptors (Lipinski definition) is 2. The third kappa shape index (κ3) is 6.10. The van der Waals surface area contributed by atoms with Crippen LogP contribution in [0.25, 0.3) is 6.08 Å². The van der Waals surface area contributed by atoms with Crippen LogP contribution in [0.4, 0.5) is 0 Å². The minimum Gasteiger partial charge on any atom is -0.391 e. The fourth-order valence-corrected chi connectivity index (χ4v) is 1.89. The second-order valence-corrected chi connectivity index (χ2v) is 5.47. The topological polar surface area (TPSA) is 49.3 Å². The van der Waals surface area contributed by atoms with E-state index in [0.717, 1.165) is 5.56 Å². The number of carbonyl (C=O) groups is 1. The summed E-state index contributed by atoms with van der Waals surface area (Å²) in [6, 6.07) is 5.04. The van der Waals surface area contributed by atoms with Gasteiger partial charge in [0, 0.05) is 22.7 Å². The Morgan fingerprint density at radius 2 is 1.89 bits per heavy atom. The van der Waals surface area contributed by atoms with Crippen LogP contribution in [-0.2, 0) is 4.79 Å². The number of carbonyl (C=O) groups excluding carboxylic acids is 1. The lowest BCUT2D eigenvalue weighted by molar-refractivity contribution is -0.117. The van der Waals surface area contributed by atoms with Crippen LogP contribution in [0.2, 0.25) is 10.0 Å². The summed E-state index contributed by atoms with van der Waals surface area (Å²) in [5.41, 5.74) is 0.747. The maximum Gasteiger partial charge on any atom is 0.244 e. The summed E-state index contributed by atoms with van der Waals surface area (Å²) in [7, 11) is 0. The van der Waals surface area contributed by atoms with Gasteiger partial charge in [-0.2, -0.15) is 0 Å². The summed E-state index contributed by atoms with van der Waals surface area (Å²) in [6.45, 7) is 4.01. The zero-order chi connectivity index (χ0) is 14.4. The molecular weight excluding hydrogens is 285 g/mol. The predicted molar refractivity (Wildman–Crippen MR) is 79.4 cm³/mol. The van der Waals surface area contributed by atoms with Crippen molar-refractivity contribution < 1.29 is 9.90 Å². The molecule has 0 spiro atoms. The molecular formula is C14H17Cl2NO2. The molecule has 0 aromatic heterocycles. The Bertz CT molecular complexity index is 452. The lowest BCUT2D eigenvalue weighted by atomic mass is 10.1. The zero-order valence-corrected chi connectivity index (χ0v) is 12.4. The Kier molecular flexibility index (Phi) is 6.35. The monoisotopic (exact) mass is 301 g/mol. The van der Waals surface area contributed by atoms with Crippen LogP contribution in [0.1, 0.15) is 19.4 Å². The Hall–Kier alpha value is -1.03. The molecule has 0 fully saturated rings. The van der Waals surface area contributed by atoms with Crippen LogP contribution in [0.15, 0.2) is 24.3 Å². The van der Waals surface area contributed by atoms with Gasteiger partial charge in [-0.1, -0.05) is 37.0 Å². The number of nitrogens with one attached hydrogen (secondary N) is 1. The van der Waals surface area contributed by atoms with Gasteiger partial charge >= 0.3 is 0 Å². The van der Waals surface area contributed by atoms with Gasteiger partial charge in [0.05, 0.1) is 6.10 Å². The van der Waals surface area contributed by atoms with Crippen molar-refractivity contribution >= 4 is 35.2 Å². The summed E-state index contributed by atoms with van der Waals surface area (Å²) in [5, 5.41) is 13.2. The first kappa shape index (κ1) is 16.0. The zero-order valence-electron chi connectivity index (χ0n) is 10.9. The smallest absolute Gasteiger partial charge is 0.244 e. The van der Waals surface area contributed by atoms with Crippen molar-refractivity contribution in [1.82, 2.24) is 5.32 Å². The number of benzene rings is 1. The number of hydrogen-bond donors (Lipinski definition) is 2. The van der Waals surface area contributed by atoms with E-state index in [4.69, 9.17) is 23.2 Å². The van der Waals surface area contributed by atoms with Crippen LogP contribution < -0.4 is 5.32 Å². The molecule has 1 amide bonds. The molecule has 0 aliphatic carbocycles. The number of aliphatic hydroxyl groups excluding tert-OH is 1. The second-order valence-electron chi connectivity index (χ2n) is 4.59. The predicted octanol–water partition coefficient (Wildman–Crippen LogP) is 3.14. The molecule has 0 bridgehead atoms.